The summed E-state index contributed by atoms with van der Waals surface area (Å²) in [6.45, 7) is 6.09. The summed E-state index contributed by atoms with van der Waals surface area (Å²) in [6, 6.07) is 4.60. The monoisotopic (exact) mass is 255 g/mol. The highest BCUT2D eigenvalue weighted by Gasteiger charge is 2.26. The fourth-order valence-electron chi connectivity index (χ4n) is 1.79. The minimum absolute atomic E-state index is 0.122. The van der Waals surface area contributed by atoms with Crippen molar-refractivity contribution in [2.45, 2.75) is 32.9 Å². The van der Waals surface area contributed by atoms with Gasteiger partial charge in [0.05, 0.1) is 5.92 Å². The van der Waals surface area contributed by atoms with E-state index >= 15 is 0 Å². The van der Waals surface area contributed by atoms with Gasteiger partial charge < -0.3 is 0 Å². The molecule has 0 aliphatic rings. The van der Waals surface area contributed by atoms with E-state index in [1.807, 2.05) is 27.0 Å². The number of hydrogen-bond donors (Lipinski definition) is 2. The van der Waals surface area contributed by atoms with E-state index in [0.29, 0.717) is 6.04 Å². The highest BCUT2D eigenvalue weighted by Crippen LogP contribution is 2.26. The van der Waals surface area contributed by atoms with Gasteiger partial charge in [0, 0.05) is 17.0 Å². The van der Waals surface area contributed by atoms with Gasteiger partial charge in [-0.1, -0.05) is 13.0 Å². The molecular weight excluding hydrogens is 234 g/mol. The highest BCUT2D eigenvalue weighted by atomic mass is 32.1. The lowest BCUT2D eigenvalue weighted by atomic mass is 10.00. The van der Waals surface area contributed by atoms with Crippen LogP contribution in [0, 0.1) is 5.92 Å². The van der Waals surface area contributed by atoms with Crippen molar-refractivity contribution < 1.29 is 4.79 Å². The van der Waals surface area contributed by atoms with Crippen LogP contribution < -0.4 is 11.3 Å². The minimum Gasteiger partial charge on any atom is -0.295 e. The van der Waals surface area contributed by atoms with Gasteiger partial charge in [-0.15, -0.1) is 11.3 Å². The number of hydrogen-bond acceptors (Lipinski definition) is 4. The van der Waals surface area contributed by atoms with Gasteiger partial charge in [0.2, 0.25) is 5.91 Å². The van der Waals surface area contributed by atoms with Gasteiger partial charge in [-0.05, 0) is 32.3 Å². The minimum atomic E-state index is -0.132. The molecule has 17 heavy (non-hydrogen) atoms. The maximum absolute atomic E-state index is 11.5. The Morgan fingerprint density at radius 1 is 1.47 bits per heavy atom. The van der Waals surface area contributed by atoms with Crippen molar-refractivity contribution in [1.82, 2.24) is 10.3 Å². The summed E-state index contributed by atoms with van der Waals surface area (Å²) in [7, 11) is 2.04. The number of nitrogens with two attached hydrogens (primary N) is 1. The van der Waals surface area contributed by atoms with E-state index in [9.17, 15) is 4.79 Å². The van der Waals surface area contributed by atoms with Gasteiger partial charge in [-0.2, -0.15) is 0 Å². The van der Waals surface area contributed by atoms with Gasteiger partial charge in [0.1, 0.15) is 0 Å². The predicted molar refractivity (Wildman–Crippen MR) is 71.5 cm³/mol. The molecule has 3 atom stereocenters. The largest absolute Gasteiger partial charge is 0.295 e. The Morgan fingerprint density at radius 2 is 2.12 bits per heavy atom. The summed E-state index contributed by atoms with van der Waals surface area (Å²) in [5.41, 5.74) is 2.21. The van der Waals surface area contributed by atoms with Crippen molar-refractivity contribution in [2.24, 2.45) is 11.8 Å². The molecule has 1 heterocycles. The van der Waals surface area contributed by atoms with E-state index < -0.39 is 0 Å². The molecule has 96 valence electrons. The van der Waals surface area contributed by atoms with Crippen molar-refractivity contribution in [3.05, 3.63) is 22.4 Å². The van der Waals surface area contributed by atoms with Crippen molar-refractivity contribution in [3.8, 4) is 0 Å². The molecular formula is C12H21N3OS. The lowest BCUT2D eigenvalue weighted by Gasteiger charge is -2.33. The summed E-state index contributed by atoms with van der Waals surface area (Å²) in [5, 5.41) is 2.07. The molecule has 0 aliphatic carbocycles. The molecule has 3 N–H and O–H groups in total. The van der Waals surface area contributed by atoms with Gasteiger partial charge in [-0.25, -0.2) is 5.84 Å². The first-order valence-corrected chi connectivity index (χ1v) is 6.62. The Kier molecular flexibility index (Phi) is 5.11. The van der Waals surface area contributed by atoms with Crippen molar-refractivity contribution >= 4 is 17.2 Å². The Bertz CT molecular complexity index is 353. The molecule has 0 saturated heterocycles. The SMILES string of the molecule is CC(C(=O)NN)C(C)N(C)C(C)c1cccs1. The molecule has 0 spiro atoms. The molecule has 3 unspecified atom stereocenters. The third-order valence-corrected chi connectivity index (χ3v) is 4.53. The van der Waals surface area contributed by atoms with Crippen molar-refractivity contribution in [1.29, 1.82) is 0 Å². The van der Waals surface area contributed by atoms with Gasteiger partial charge in [0.25, 0.3) is 0 Å². The molecule has 0 aromatic carbocycles. The van der Waals surface area contributed by atoms with E-state index in [0.717, 1.165) is 0 Å². The molecule has 4 nitrogen and oxygen atoms in total. The maximum atomic E-state index is 11.5. The fraction of sp³-hybridized carbons (Fsp3) is 0.583. The second-order valence-corrected chi connectivity index (χ2v) is 5.37. The average molecular weight is 255 g/mol. The lowest BCUT2D eigenvalue weighted by Crippen LogP contribution is -2.45. The van der Waals surface area contributed by atoms with Crippen molar-refractivity contribution in [2.75, 3.05) is 7.05 Å². The normalized spacial score (nSPS) is 16.6. The number of rotatable bonds is 5. The molecule has 0 radical (unpaired) electrons. The molecule has 0 saturated carbocycles. The number of carbonyl (C=O) groups excluding carboxylic acids is 1. The summed E-state index contributed by atoms with van der Waals surface area (Å²) >= 11 is 1.74. The van der Waals surface area contributed by atoms with Crippen molar-refractivity contribution in [3.63, 3.8) is 0 Å². The zero-order chi connectivity index (χ0) is 13.0. The van der Waals surface area contributed by atoms with Crippen LogP contribution in [0.1, 0.15) is 31.7 Å². The molecule has 5 heteroatoms. The quantitative estimate of drug-likeness (QED) is 0.479. The molecule has 0 bridgehead atoms. The highest BCUT2D eigenvalue weighted by molar-refractivity contribution is 7.10. The van der Waals surface area contributed by atoms with Crippen LogP contribution in [0.25, 0.3) is 0 Å². The second-order valence-electron chi connectivity index (χ2n) is 4.39. The summed E-state index contributed by atoms with van der Waals surface area (Å²) < 4.78 is 0. The van der Waals surface area contributed by atoms with E-state index in [4.69, 9.17) is 5.84 Å². The van der Waals surface area contributed by atoms with Crippen LogP contribution >= 0.6 is 11.3 Å². The van der Waals surface area contributed by atoms with Crippen LogP contribution in [0.15, 0.2) is 17.5 Å². The number of nitrogens with zero attached hydrogens (tertiary/aromatic N) is 1. The topological polar surface area (TPSA) is 58.4 Å². The number of carbonyl (C=O) groups is 1. The molecule has 1 aromatic heterocycles. The Hall–Kier alpha value is -0.910. The molecule has 1 amide bonds. The van der Waals surface area contributed by atoms with Crippen LogP contribution in [0.2, 0.25) is 0 Å². The summed E-state index contributed by atoms with van der Waals surface area (Å²) in [4.78, 5) is 15.0. The number of hydrazine groups is 1. The first-order chi connectivity index (χ1) is 7.99. The first kappa shape index (κ1) is 14.2. The third-order valence-electron chi connectivity index (χ3n) is 3.49. The Balaban J connectivity index is 2.69. The van der Waals surface area contributed by atoms with Crippen LogP contribution in [0.3, 0.4) is 0 Å². The van der Waals surface area contributed by atoms with E-state index in [-0.39, 0.29) is 17.9 Å². The molecule has 0 aliphatic heterocycles. The van der Waals surface area contributed by atoms with Gasteiger partial charge in [0.15, 0.2) is 0 Å². The average Bonchev–Trinajstić information content (AvgIpc) is 2.87. The molecule has 0 fully saturated rings. The Morgan fingerprint density at radius 3 is 2.59 bits per heavy atom. The molecule has 1 aromatic rings. The van der Waals surface area contributed by atoms with Gasteiger partial charge >= 0.3 is 0 Å². The maximum Gasteiger partial charge on any atom is 0.238 e. The third kappa shape index (κ3) is 3.28. The first-order valence-electron chi connectivity index (χ1n) is 5.74. The van der Waals surface area contributed by atoms with Gasteiger partial charge in [-0.3, -0.25) is 15.1 Å². The Labute approximate surface area is 107 Å². The number of thiophene rings is 1. The van der Waals surface area contributed by atoms with Crippen LogP contribution in [0.4, 0.5) is 0 Å². The predicted octanol–water partition coefficient (Wildman–Crippen LogP) is 1.76. The smallest absolute Gasteiger partial charge is 0.238 e. The van der Waals surface area contributed by atoms with E-state index in [1.165, 1.54) is 4.88 Å². The van der Waals surface area contributed by atoms with E-state index in [2.05, 4.69) is 28.7 Å². The number of amides is 1. The summed E-state index contributed by atoms with van der Waals surface area (Å²) in [5.74, 6) is 4.91. The van der Waals surface area contributed by atoms with Crippen LogP contribution in [-0.2, 0) is 4.79 Å². The fourth-order valence-corrected chi connectivity index (χ4v) is 2.62. The molecule has 1 rings (SSSR count). The van der Waals surface area contributed by atoms with Crippen LogP contribution in [-0.4, -0.2) is 23.9 Å². The number of nitrogens with one attached hydrogen (secondary N) is 1. The van der Waals surface area contributed by atoms with Crippen LogP contribution in [0.5, 0.6) is 0 Å². The zero-order valence-corrected chi connectivity index (χ0v) is 11.6. The zero-order valence-electron chi connectivity index (χ0n) is 10.8. The van der Waals surface area contributed by atoms with E-state index in [1.54, 1.807) is 11.3 Å². The lowest BCUT2D eigenvalue weighted by molar-refractivity contribution is -0.126. The summed E-state index contributed by atoms with van der Waals surface area (Å²) in [6.07, 6.45) is 0. The second kappa shape index (κ2) is 6.14. The standard InChI is InChI=1S/C12H21N3OS/c1-8(12(16)14-13)9(2)15(4)10(3)11-6-5-7-17-11/h5-10H,13H2,1-4H3,(H,14,16).